The predicted octanol–water partition coefficient (Wildman–Crippen LogP) is 4.26. The Hall–Kier alpha value is -2.38. The third kappa shape index (κ3) is 4.02. The second-order valence-corrected chi connectivity index (χ2v) is 9.62. The molecule has 5 nitrogen and oxygen atoms in total. The molecule has 29 heavy (non-hydrogen) atoms. The second kappa shape index (κ2) is 8.16. The van der Waals surface area contributed by atoms with Crippen LogP contribution in [0.15, 0.2) is 47.2 Å². The highest BCUT2D eigenvalue weighted by Gasteiger charge is 2.31. The zero-order valence-corrected chi connectivity index (χ0v) is 18.4. The summed E-state index contributed by atoms with van der Waals surface area (Å²) in [5.74, 6) is 0.171. The molecule has 1 saturated heterocycles. The molecule has 1 unspecified atom stereocenters. The van der Waals surface area contributed by atoms with E-state index in [9.17, 15) is 9.59 Å². The van der Waals surface area contributed by atoms with Gasteiger partial charge in [0.2, 0.25) is 5.91 Å². The Morgan fingerprint density at radius 1 is 1.21 bits per heavy atom. The lowest BCUT2D eigenvalue weighted by atomic mass is 10.1. The zero-order chi connectivity index (χ0) is 20.5. The Morgan fingerprint density at radius 2 is 2.03 bits per heavy atom. The van der Waals surface area contributed by atoms with Crippen molar-refractivity contribution >= 4 is 44.7 Å². The number of hydrogen-bond acceptors (Lipinski definition) is 4. The van der Waals surface area contributed by atoms with E-state index in [2.05, 4.69) is 17.2 Å². The number of rotatable bonds is 5. The van der Waals surface area contributed by atoms with Gasteiger partial charge in [-0.1, -0.05) is 18.2 Å². The van der Waals surface area contributed by atoms with Crippen LogP contribution < -0.4 is 0 Å². The number of amides is 2. The van der Waals surface area contributed by atoms with Crippen LogP contribution in [-0.2, 0) is 17.8 Å². The Bertz CT molecular complexity index is 1050. The minimum Gasteiger partial charge on any atom is -0.336 e. The fraction of sp³-hybridized carbons (Fsp3) is 0.364. The minimum absolute atomic E-state index is 0.00540. The summed E-state index contributed by atoms with van der Waals surface area (Å²) < 4.78 is 2.07. The van der Waals surface area contributed by atoms with Crippen molar-refractivity contribution in [1.82, 2.24) is 14.4 Å². The number of aromatic nitrogens is 1. The standard InChI is InChI=1S/C22H25N3O2S2/c1-15(2)13-25-19(11-17-6-10-29-22(17)25)21(27)23-7-8-24(16(3)14-23)20(26)12-18-5-4-9-28-18/h4-6,9-11,16H,1,7-8,12-14H2,2-3H3. The average Bonchev–Trinajstić information content (AvgIpc) is 3.40. The van der Waals surface area contributed by atoms with Gasteiger partial charge in [-0.3, -0.25) is 9.59 Å². The van der Waals surface area contributed by atoms with Gasteiger partial charge in [-0.15, -0.1) is 22.7 Å². The van der Waals surface area contributed by atoms with Crippen LogP contribution in [0.25, 0.3) is 10.2 Å². The molecule has 3 aromatic heterocycles. The molecule has 1 fully saturated rings. The van der Waals surface area contributed by atoms with Crippen LogP contribution in [0, 0.1) is 0 Å². The highest BCUT2D eigenvalue weighted by Crippen LogP contribution is 2.27. The molecule has 1 aliphatic rings. The molecule has 0 spiro atoms. The molecule has 1 atom stereocenters. The van der Waals surface area contributed by atoms with Crippen molar-refractivity contribution < 1.29 is 9.59 Å². The fourth-order valence-corrected chi connectivity index (χ4v) is 5.51. The van der Waals surface area contributed by atoms with Crippen LogP contribution in [0.5, 0.6) is 0 Å². The highest BCUT2D eigenvalue weighted by atomic mass is 32.1. The lowest BCUT2D eigenvalue weighted by molar-refractivity contribution is -0.134. The van der Waals surface area contributed by atoms with E-state index in [0.717, 1.165) is 20.7 Å². The molecule has 0 bridgehead atoms. The first-order valence-electron chi connectivity index (χ1n) is 9.76. The minimum atomic E-state index is 0.00540. The van der Waals surface area contributed by atoms with Gasteiger partial charge >= 0.3 is 0 Å². The lowest BCUT2D eigenvalue weighted by Crippen LogP contribution is -2.55. The average molecular weight is 428 g/mol. The number of allylic oxidation sites excluding steroid dienone is 1. The third-order valence-corrected chi connectivity index (χ3v) is 7.12. The molecule has 4 heterocycles. The van der Waals surface area contributed by atoms with Crippen LogP contribution in [-0.4, -0.2) is 51.9 Å². The van der Waals surface area contributed by atoms with E-state index in [1.807, 2.05) is 52.6 Å². The Kier molecular flexibility index (Phi) is 5.61. The Morgan fingerprint density at radius 3 is 2.72 bits per heavy atom. The van der Waals surface area contributed by atoms with E-state index >= 15 is 0 Å². The molecule has 0 radical (unpaired) electrons. The molecular weight excluding hydrogens is 402 g/mol. The van der Waals surface area contributed by atoms with Gasteiger partial charge < -0.3 is 14.4 Å². The number of hydrogen-bond donors (Lipinski definition) is 0. The maximum absolute atomic E-state index is 13.3. The lowest BCUT2D eigenvalue weighted by Gasteiger charge is -2.40. The molecule has 2 amide bonds. The normalized spacial score (nSPS) is 17.1. The van der Waals surface area contributed by atoms with E-state index < -0.39 is 0 Å². The smallest absolute Gasteiger partial charge is 0.270 e. The van der Waals surface area contributed by atoms with Crippen LogP contribution in [0.4, 0.5) is 0 Å². The molecule has 3 aromatic rings. The van der Waals surface area contributed by atoms with Crippen LogP contribution in [0.3, 0.4) is 0 Å². The summed E-state index contributed by atoms with van der Waals surface area (Å²) in [6.45, 7) is 10.4. The summed E-state index contributed by atoms with van der Waals surface area (Å²) in [5.41, 5.74) is 1.72. The molecule has 1 aliphatic heterocycles. The van der Waals surface area contributed by atoms with Crippen LogP contribution in [0.2, 0.25) is 0 Å². The number of carbonyl (C=O) groups excluding carboxylic acids is 2. The number of nitrogens with zero attached hydrogens (tertiary/aromatic N) is 3. The summed E-state index contributed by atoms with van der Waals surface area (Å²) >= 11 is 3.25. The molecule has 7 heteroatoms. The van der Waals surface area contributed by atoms with Crippen molar-refractivity contribution in [3.63, 3.8) is 0 Å². The molecule has 0 aliphatic carbocycles. The van der Waals surface area contributed by atoms with Crippen molar-refractivity contribution in [3.8, 4) is 0 Å². The number of thiophene rings is 2. The van der Waals surface area contributed by atoms with Gasteiger partial charge in [-0.05, 0) is 42.8 Å². The molecule has 4 rings (SSSR count). The van der Waals surface area contributed by atoms with Crippen molar-refractivity contribution in [2.75, 3.05) is 19.6 Å². The fourth-order valence-electron chi connectivity index (χ4n) is 3.92. The van der Waals surface area contributed by atoms with Crippen LogP contribution >= 0.6 is 22.7 Å². The summed E-state index contributed by atoms with van der Waals surface area (Å²) in [7, 11) is 0. The first kappa shape index (κ1) is 19.9. The highest BCUT2D eigenvalue weighted by molar-refractivity contribution is 7.16. The van der Waals surface area contributed by atoms with Crippen LogP contribution in [0.1, 0.15) is 29.2 Å². The van der Waals surface area contributed by atoms with E-state index in [1.165, 1.54) is 0 Å². The van der Waals surface area contributed by atoms with Crippen molar-refractivity contribution in [2.24, 2.45) is 0 Å². The van der Waals surface area contributed by atoms with Gasteiger partial charge in [0, 0.05) is 42.5 Å². The summed E-state index contributed by atoms with van der Waals surface area (Å²) in [6.07, 6.45) is 0.438. The topological polar surface area (TPSA) is 45.6 Å². The molecule has 0 saturated carbocycles. The number of fused-ring (bicyclic) bond motifs is 1. The summed E-state index contributed by atoms with van der Waals surface area (Å²) in [5, 5.41) is 5.14. The van der Waals surface area contributed by atoms with E-state index in [0.29, 0.717) is 38.3 Å². The maximum Gasteiger partial charge on any atom is 0.270 e. The zero-order valence-electron chi connectivity index (χ0n) is 16.8. The van der Waals surface area contributed by atoms with E-state index in [-0.39, 0.29) is 17.9 Å². The van der Waals surface area contributed by atoms with Gasteiger partial charge in [0.05, 0.1) is 6.42 Å². The van der Waals surface area contributed by atoms with Gasteiger partial charge in [-0.2, -0.15) is 0 Å². The van der Waals surface area contributed by atoms with Gasteiger partial charge in [0.15, 0.2) is 0 Å². The molecule has 0 aromatic carbocycles. The van der Waals surface area contributed by atoms with Gasteiger partial charge in [-0.25, -0.2) is 0 Å². The van der Waals surface area contributed by atoms with Crippen molar-refractivity contribution in [3.05, 3.63) is 57.7 Å². The first-order valence-corrected chi connectivity index (χ1v) is 11.5. The molecular formula is C22H25N3O2S2. The Labute approximate surface area is 178 Å². The Balaban J connectivity index is 1.48. The van der Waals surface area contributed by atoms with Gasteiger partial charge in [0.1, 0.15) is 10.5 Å². The number of piperazine rings is 1. The van der Waals surface area contributed by atoms with E-state index in [1.54, 1.807) is 22.7 Å². The molecule has 0 N–H and O–H groups in total. The largest absolute Gasteiger partial charge is 0.336 e. The predicted molar refractivity (Wildman–Crippen MR) is 120 cm³/mol. The van der Waals surface area contributed by atoms with E-state index in [4.69, 9.17) is 0 Å². The summed E-state index contributed by atoms with van der Waals surface area (Å²) in [4.78, 5) is 32.0. The van der Waals surface area contributed by atoms with Crippen molar-refractivity contribution in [1.29, 1.82) is 0 Å². The number of carbonyl (C=O) groups is 2. The summed E-state index contributed by atoms with van der Waals surface area (Å²) in [6, 6.07) is 8.00. The monoisotopic (exact) mass is 427 g/mol. The maximum atomic E-state index is 13.3. The van der Waals surface area contributed by atoms with Gasteiger partial charge in [0.25, 0.3) is 5.91 Å². The first-order chi connectivity index (χ1) is 13.9. The third-order valence-electron chi connectivity index (χ3n) is 5.29. The quantitative estimate of drug-likeness (QED) is 0.571. The van der Waals surface area contributed by atoms with Crippen molar-refractivity contribution in [2.45, 2.75) is 32.9 Å². The second-order valence-electron chi connectivity index (χ2n) is 7.70. The molecule has 152 valence electrons. The SMILES string of the molecule is C=C(C)Cn1c(C(=O)N2CCN(C(=O)Cc3cccs3)C(C)C2)cc2ccsc21.